The summed E-state index contributed by atoms with van der Waals surface area (Å²) in [5, 5.41) is 0. The lowest BCUT2D eigenvalue weighted by Gasteiger charge is -2.35. The summed E-state index contributed by atoms with van der Waals surface area (Å²) in [4.78, 5) is 28.5. The van der Waals surface area contributed by atoms with Gasteiger partial charge >= 0.3 is 12.2 Å². The van der Waals surface area contributed by atoms with Gasteiger partial charge in [0, 0.05) is 26.2 Å². The summed E-state index contributed by atoms with van der Waals surface area (Å²) in [6.07, 6.45) is 2.88. The lowest BCUT2D eigenvalue weighted by Crippen LogP contribution is -2.44. The Morgan fingerprint density at radius 1 is 1.13 bits per heavy atom. The van der Waals surface area contributed by atoms with E-state index >= 15 is 0 Å². The minimum atomic E-state index is -0.519. The van der Waals surface area contributed by atoms with Gasteiger partial charge in [0.1, 0.15) is 12.2 Å². The molecule has 1 heterocycles. The highest BCUT2D eigenvalue weighted by Crippen LogP contribution is 2.21. The van der Waals surface area contributed by atoms with Gasteiger partial charge in [-0.2, -0.15) is 0 Å². The first-order valence-electron chi connectivity index (χ1n) is 10.9. The van der Waals surface area contributed by atoms with Crippen molar-refractivity contribution in [1.82, 2.24) is 9.80 Å². The first-order valence-corrected chi connectivity index (χ1v) is 10.9. The minimum absolute atomic E-state index is 0.274. The molecule has 1 aliphatic rings. The van der Waals surface area contributed by atoms with Crippen molar-refractivity contribution < 1.29 is 19.1 Å². The SMILES string of the molecule is CC(C)(C)OC(=O)N(CCCCN)CC1CCN(C(=O)OCc2ccccc2)CC1. The predicted octanol–water partition coefficient (Wildman–Crippen LogP) is 4.01. The van der Waals surface area contributed by atoms with Crippen LogP contribution >= 0.6 is 0 Å². The van der Waals surface area contributed by atoms with Crippen molar-refractivity contribution in [1.29, 1.82) is 0 Å². The maximum absolute atomic E-state index is 12.6. The molecule has 2 amide bonds. The quantitative estimate of drug-likeness (QED) is 0.644. The summed E-state index contributed by atoms with van der Waals surface area (Å²) in [7, 11) is 0. The smallest absolute Gasteiger partial charge is 0.410 e. The Hall–Kier alpha value is -2.28. The Bertz CT molecular complexity index is 652. The van der Waals surface area contributed by atoms with Crippen molar-refractivity contribution in [3.05, 3.63) is 35.9 Å². The number of hydrogen-bond donors (Lipinski definition) is 1. The Labute approximate surface area is 180 Å². The molecule has 0 aromatic heterocycles. The second-order valence-corrected chi connectivity index (χ2v) is 8.89. The number of piperidine rings is 1. The Morgan fingerprint density at radius 3 is 2.40 bits per heavy atom. The molecule has 0 saturated carbocycles. The highest BCUT2D eigenvalue weighted by molar-refractivity contribution is 5.68. The van der Waals surface area contributed by atoms with E-state index in [1.807, 2.05) is 51.1 Å². The van der Waals surface area contributed by atoms with Crippen LogP contribution in [0, 0.1) is 5.92 Å². The van der Waals surface area contributed by atoms with Crippen molar-refractivity contribution in [2.75, 3.05) is 32.7 Å². The second kappa shape index (κ2) is 11.8. The van der Waals surface area contributed by atoms with E-state index in [0.717, 1.165) is 31.2 Å². The zero-order chi connectivity index (χ0) is 22.0. The van der Waals surface area contributed by atoms with Crippen molar-refractivity contribution in [3.63, 3.8) is 0 Å². The van der Waals surface area contributed by atoms with Gasteiger partial charge < -0.3 is 25.0 Å². The van der Waals surface area contributed by atoms with Crippen LogP contribution in [0.3, 0.4) is 0 Å². The van der Waals surface area contributed by atoms with Crippen LogP contribution in [0.4, 0.5) is 9.59 Å². The highest BCUT2D eigenvalue weighted by Gasteiger charge is 2.28. The molecule has 0 unspecified atom stereocenters. The maximum Gasteiger partial charge on any atom is 0.410 e. The van der Waals surface area contributed by atoms with Gasteiger partial charge in [0.15, 0.2) is 0 Å². The van der Waals surface area contributed by atoms with Gasteiger partial charge in [0.2, 0.25) is 0 Å². The van der Waals surface area contributed by atoms with Crippen LogP contribution in [-0.4, -0.2) is 60.3 Å². The van der Waals surface area contributed by atoms with E-state index in [0.29, 0.717) is 38.6 Å². The molecule has 1 aromatic rings. The maximum atomic E-state index is 12.6. The molecule has 0 aliphatic carbocycles. The van der Waals surface area contributed by atoms with Crippen LogP contribution < -0.4 is 5.73 Å². The van der Waals surface area contributed by atoms with Crippen LogP contribution in [0.15, 0.2) is 30.3 Å². The Balaban J connectivity index is 1.80. The van der Waals surface area contributed by atoms with Crippen LogP contribution in [0.1, 0.15) is 52.0 Å². The van der Waals surface area contributed by atoms with E-state index in [-0.39, 0.29) is 18.8 Å². The van der Waals surface area contributed by atoms with Gasteiger partial charge in [-0.05, 0) is 64.5 Å². The van der Waals surface area contributed by atoms with Gasteiger partial charge in [0.25, 0.3) is 0 Å². The van der Waals surface area contributed by atoms with E-state index in [1.165, 1.54) is 0 Å². The van der Waals surface area contributed by atoms with Crippen LogP contribution in [0.5, 0.6) is 0 Å². The summed E-state index contributed by atoms with van der Waals surface area (Å²) < 4.78 is 11.0. The van der Waals surface area contributed by atoms with Crippen molar-refractivity contribution in [2.24, 2.45) is 11.7 Å². The molecular formula is C23H37N3O4. The fourth-order valence-electron chi connectivity index (χ4n) is 3.45. The van der Waals surface area contributed by atoms with Gasteiger partial charge in [-0.3, -0.25) is 0 Å². The lowest BCUT2D eigenvalue weighted by molar-refractivity contribution is 0.0185. The van der Waals surface area contributed by atoms with Crippen LogP contribution in [0.25, 0.3) is 0 Å². The molecule has 1 fully saturated rings. The number of hydrogen-bond acceptors (Lipinski definition) is 5. The summed E-state index contributed by atoms with van der Waals surface area (Å²) in [5.74, 6) is 0.341. The summed E-state index contributed by atoms with van der Waals surface area (Å²) in [6, 6.07) is 9.68. The second-order valence-electron chi connectivity index (χ2n) is 8.89. The van der Waals surface area contributed by atoms with Gasteiger partial charge in [-0.15, -0.1) is 0 Å². The fourth-order valence-corrected chi connectivity index (χ4v) is 3.45. The first kappa shape index (κ1) is 24.0. The average Bonchev–Trinajstić information content (AvgIpc) is 2.71. The first-order chi connectivity index (χ1) is 14.3. The Kier molecular flexibility index (Phi) is 9.43. The van der Waals surface area contributed by atoms with E-state index in [9.17, 15) is 9.59 Å². The molecule has 1 aromatic carbocycles. The molecule has 0 radical (unpaired) electrons. The molecule has 2 rings (SSSR count). The monoisotopic (exact) mass is 419 g/mol. The molecule has 0 bridgehead atoms. The zero-order valence-electron chi connectivity index (χ0n) is 18.6. The molecule has 7 heteroatoms. The topological polar surface area (TPSA) is 85.1 Å². The van der Waals surface area contributed by atoms with Gasteiger partial charge in [-0.1, -0.05) is 30.3 Å². The molecule has 30 heavy (non-hydrogen) atoms. The number of rotatable bonds is 8. The van der Waals surface area contributed by atoms with Crippen molar-refractivity contribution in [3.8, 4) is 0 Å². The summed E-state index contributed by atoms with van der Waals surface area (Å²) in [5.41, 5.74) is 6.06. The number of amides is 2. The standard InChI is InChI=1S/C23H37N3O4/c1-23(2,3)30-22(28)26(14-8-7-13-24)17-19-11-15-25(16-12-19)21(27)29-18-20-9-5-4-6-10-20/h4-6,9-10,19H,7-8,11-18,24H2,1-3H3. The number of carbonyl (C=O) groups is 2. The third kappa shape index (κ3) is 8.61. The molecule has 0 atom stereocenters. The van der Waals surface area contributed by atoms with Gasteiger partial charge in [-0.25, -0.2) is 9.59 Å². The minimum Gasteiger partial charge on any atom is -0.445 e. The van der Waals surface area contributed by atoms with Crippen molar-refractivity contribution in [2.45, 2.75) is 58.7 Å². The molecule has 1 saturated heterocycles. The van der Waals surface area contributed by atoms with E-state index in [2.05, 4.69) is 0 Å². The predicted molar refractivity (Wildman–Crippen MR) is 117 cm³/mol. The highest BCUT2D eigenvalue weighted by atomic mass is 16.6. The molecule has 0 spiro atoms. The molecule has 168 valence electrons. The molecule has 7 nitrogen and oxygen atoms in total. The number of unbranched alkanes of at least 4 members (excludes halogenated alkanes) is 1. The number of benzene rings is 1. The zero-order valence-corrected chi connectivity index (χ0v) is 18.6. The van der Waals surface area contributed by atoms with Crippen LogP contribution in [0.2, 0.25) is 0 Å². The normalized spacial score (nSPS) is 15.0. The van der Waals surface area contributed by atoms with Gasteiger partial charge in [0.05, 0.1) is 0 Å². The number of carbonyl (C=O) groups excluding carboxylic acids is 2. The number of likely N-dealkylation sites (tertiary alicyclic amines) is 1. The third-order valence-electron chi connectivity index (χ3n) is 5.09. The third-order valence-corrected chi connectivity index (χ3v) is 5.09. The Morgan fingerprint density at radius 2 is 1.80 bits per heavy atom. The average molecular weight is 420 g/mol. The summed E-state index contributed by atoms with van der Waals surface area (Å²) >= 11 is 0. The molecular weight excluding hydrogens is 382 g/mol. The largest absolute Gasteiger partial charge is 0.445 e. The fraction of sp³-hybridized carbons (Fsp3) is 0.652. The van der Waals surface area contributed by atoms with E-state index in [1.54, 1.807) is 9.80 Å². The number of ether oxygens (including phenoxy) is 2. The lowest BCUT2D eigenvalue weighted by atomic mass is 9.96. The van der Waals surface area contributed by atoms with Crippen LogP contribution in [-0.2, 0) is 16.1 Å². The molecule has 1 aliphatic heterocycles. The van der Waals surface area contributed by atoms with E-state index < -0.39 is 5.60 Å². The number of nitrogens with two attached hydrogens (primary N) is 1. The summed E-state index contributed by atoms with van der Waals surface area (Å²) in [6.45, 7) is 9.11. The number of nitrogens with zero attached hydrogens (tertiary/aromatic N) is 2. The molecule has 2 N–H and O–H groups in total. The van der Waals surface area contributed by atoms with E-state index in [4.69, 9.17) is 15.2 Å². The van der Waals surface area contributed by atoms with Crippen molar-refractivity contribution >= 4 is 12.2 Å².